The van der Waals surface area contributed by atoms with E-state index in [1.807, 2.05) is 48.5 Å². The molecule has 0 aliphatic heterocycles. The van der Waals surface area contributed by atoms with Crippen molar-refractivity contribution >= 4 is 17.6 Å². The Kier molecular flexibility index (Phi) is 7.73. The minimum Gasteiger partial charge on any atom is -0.489 e. The van der Waals surface area contributed by atoms with Gasteiger partial charge in [0, 0.05) is 11.5 Å². The van der Waals surface area contributed by atoms with Crippen molar-refractivity contribution in [3.8, 4) is 22.8 Å². The summed E-state index contributed by atoms with van der Waals surface area (Å²) in [7, 11) is 0. The molecular formula is C28H26ClNO5. The molecule has 0 atom stereocenters. The highest BCUT2D eigenvalue weighted by molar-refractivity contribution is 6.33. The van der Waals surface area contributed by atoms with Crippen molar-refractivity contribution < 1.29 is 23.9 Å². The molecule has 0 saturated carbocycles. The molecule has 1 heterocycles. The molecule has 0 amide bonds. The van der Waals surface area contributed by atoms with Crippen LogP contribution in [-0.2, 0) is 24.4 Å². The Bertz CT molecular complexity index is 1280. The molecule has 6 nitrogen and oxygen atoms in total. The average Bonchev–Trinajstić information content (AvgIpc) is 3.27. The summed E-state index contributed by atoms with van der Waals surface area (Å²) in [5.74, 6) is 1.47. The second-order valence-corrected chi connectivity index (χ2v) is 8.85. The number of carboxylic acids is 1. The summed E-state index contributed by atoms with van der Waals surface area (Å²) in [6, 6.07) is 22.3. The first kappa shape index (κ1) is 24.4. The van der Waals surface area contributed by atoms with Gasteiger partial charge in [0.2, 0.25) is 0 Å². The van der Waals surface area contributed by atoms with Crippen LogP contribution >= 0.6 is 11.6 Å². The fraction of sp³-hybridized carbons (Fsp3) is 0.214. The highest BCUT2D eigenvalue weighted by Crippen LogP contribution is 2.34. The van der Waals surface area contributed by atoms with Gasteiger partial charge in [-0.25, -0.2) is 0 Å². The van der Waals surface area contributed by atoms with Crippen LogP contribution in [0.4, 0.5) is 0 Å². The molecular weight excluding hydrogens is 466 g/mol. The Hall–Kier alpha value is -3.77. The zero-order valence-corrected chi connectivity index (χ0v) is 20.3. The number of hydrogen-bond acceptors (Lipinski definition) is 5. The fourth-order valence-corrected chi connectivity index (χ4v) is 3.89. The molecule has 35 heavy (non-hydrogen) atoms. The number of benzene rings is 3. The van der Waals surface area contributed by atoms with E-state index in [4.69, 9.17) is 30.7 Å². The standard InChI is InChI=1S/C28H26ClNO5/c1-18(2)28-24(27(30-35-28)23-5-3-4-6-25(23)29)17-34-22-13-9-20(10-14-22)16-33-21-11-7-19(8-12-21)15-26(31)32/h3-14,18H,15-17H2,1-2H3,(H,31,32). The van der Waals surface area contributed by atoms with Crippen LogP contribution in [0.1, 0.15) is 42.2 Å². The Morgan fingerprint density at radius 3 is 2.11 bits per heavy atom. The minimum absolute atomic E-state index is 0.00480. The first-order chi connectivity index (χ1) is 16.9. The van der Waals surface area contributed by atoms with E-state index in [-0.39, 0.29) is 12.3 Å². The van der Waals surface area contributed by atoms with E-state index < -0.39 is 5.97 Å². The smallest absolute Gasteiger partial charge is 0.307 e. The van der Waals surface area contributed by atoms with Gasteiger partial charge < -0.3 is 19.1 Å². The van der Waals surface area contributed by atoms with E-state index in [9.17, 15) is 4.79 Å². The van der Waals surface area contributed by atoms with E-state index in [0.29, 0.717) is 35.4 Å². The van der Waals surface area contributed by atoms with E-state index in [0.717, 1.165) is 28.0 Å². The number of nitrogens with zero attached hydrogens (tertiary/aromatic N) is 1. The molecule has 0 bridgehead atoms. The van der Waals surface area contributed by atoms with Crippen LogP contribution in [0, 0.1) is 0 Å². The summed E-state index contributed by atoms with van der Waals surface area (Å²) >= 11 is 6.40. The molecule has 0 aliphatic rings. The summed E-state index contributed by atoms with van der Waals surface area (Å²) in [6.07, 6.45) is -0.00480. The number of rotatable bonds is 10. The summed E-state index contributed by atoms with van der Waals surface area (Å²) < 4.78 is 17.5. The van der Waals surface area contributed by atoms with E-state index in [1.54, 1.807) is 24.3 Å². The molecule has 0 saturated heterocycles. The van der Waals surface area contributed by atoms with Crippen molar-refractivity contribution in [3.63, 3.8) is 0 Å². The summed E-state index contributed by atoms with van der Waals surface area (Å²) in [6.45, 7) is 4.79. The monoisotopic (exact) mass is 491 g/mol. The van der Waals surface area contributed by atoms with Gasteiger partial charge >= 0.3 is 5.97 Å². The second-order valence-electron chi connectivity index (χ2n) is 8.44. The van der Waals surface area contributed by atoms with Crippen LogP contribution in [0.15, 0.2) is 77.3 Å². The van der Waals surface area contributed by atoms with Crippen LogP contribution in [0.5, 0.6) is 11.5 Å². The van der Waals surface area contributed by atoms with Gasteiger partial charge in [0.05, 0.1) is 17.0 Å². The molecule has 4 aromatic rings. The molecule has 1 aromatic heterocycles. The predicted molar refractivity (Wildman–Crippen MR) is 134 cm³/mol. The van der Waals surface area contributed by atoms with Gasteiger partial charge in [0.15, 0.2) is 0 Å². The average molecular weight is 492 g/mol. The van der Waals surface area contributed by atoms with Crippen molar-refractivity contribution in [2.45, 2.75) is 39.4 Å². The number of aliphatic carboxylic acids is 1. The maximum atomic E-state index is 10.8. The summed E-state index contributed by atoms with van der Waals surface area (Å²) in [4.78, 5) is 10.8. The van der Waals surface area contributed by atoms with Crippen molar-refractivity contribution in [2.75, 3.05) is 0 Å². The lowest BCUT2D eigenvalue weighted by molar-refractivity contribution is -0.136. The van der Waals surface area contributed by atoms with Crippen LogP contribution in [0.3, 0.4) is 0 Å². The lowest BCUT2D eigenvalue weighted by Gasteiger charge is -2.11. The zero-order valence-electron chi connectivity index (χ0n) is 19.5. The molecule has 180 valence electrons. The number of carbonyl (C=O) groups is 1. The van der Waals surface area contributed by atoms with Crippen molar-refractivity contribution in [1.82, 2.24) is 5.16 Å². The van der Waals surface area contributed by atoms with Gasteiger partial charge in [-0.05, 0) is 41.5 Å². The Balaban J connectivity index is 1.39. The molecule has 0 unspecified atom stereocenters. The second kappa shape index (κ2) is 11.1. The van der Waals surface area contributed by atoms with E-state index in [2.05, 4.69) is 19.0 Å². The third kappa shape index (κ3) is 6.22. The largest absolute Gasteiger partial charge is 0.489 e. The SMILES string of the molecule is CC(C)c1onc(-c2ccccc2Cl)c1COc1ccc(COc2ccc(CC(=O)O)cc2)cc1. The molecule has 0 aliphatic carbocycles. The molecule has 0 fully saturated rings. The number of aromatic nitrogens is 1. The molecule has 0 radical (unpaired) electrons. The molecule has 0 spiro atoms. The topological polar surface area (TPSA) is 81.8 Å². The summed E-state index contributed by atoms with van der Waals surface area (Å²) in [5.41, 5.74) is 4.10. The third-order valence-electron chi connectivity index (χ3n) is 5.46. The Morgan fingerprint density at radius 2 is 1.51 bits per heavy atom. The van der Waals surface area contributed by atoms with Crippen LogP contribution in [-0.4, -0.2) is 16.2 Å². The Labute approximate surface area is 209 Å². The van der Waals surface area contributed by atoms with E-state index in [1.165, 1.54) is 0 Å². The predicted octanol–water partition coefficient (Wildman–Crippen LogP) is 6.90. The van der Waals surface area contributed by atoms with Gasteiger partial charge in [0.1, 0.15) is 36.2 Å². The molecule has 1 N–H and O–H groups in total. The first-order valence-electron chi connectivity index (χ1n) is 11.3. The zero-order chi connectivity index (χ0) is 24.8. The maximum Gasteiger partial charge on any atom is 0.307 e. The molecule has 4 rings (SSSR count). The van der Waals surface area contributed by atoms with Gasteiger partial charge in [-0.1, -0.05) is 73.1 Å². The number of hydrogen-bond donors (Lipinski definition) is 1. The minimum atomic E-state index is -0.856. The first-order valence-corrected chi connectivity index (χ1v) is 11.7. The molecule has 7 heteroatoms. The van der Waals surface area contributed by atoms with Crippen molar-refractivity contribution in [2.24, 2.45) is 0 Å². The number of halogens is 1. The molecule has 3 aromatic carbocycles. The normalized spacial score (nSPS) is 11.0. The number of carboxylic acid groups (broad SMARTS) is 1. The van der Waals surface area contributed by atoms with Gasteiger partial charge in [-0.3, -0.25) is 4.79 Å². The van der Waals surface area contributed by atoms with Gasteiger partial charge in [-0.15, -0.1) is 0 Å². The van der Waals surface area contributed by atoms with Crippen molar-refractivity contribution in [1.29, 1.82) is 0 Å². The van der Waals surface area contributed by atoms with Gasteiger partial charge in [0.25, 0.3) is 0 Å². The lowest BCUT2D eigenvalue weighted by atomic mass is 10.0. The van der Waals surface area contributed by atoms with Crippen LogP contribution in [0.25, 0.3) is 11.3 Å². The van der Waals surface area contributed by atoms with Crippen LogP contribution < -0.4 is 9.47 Å². The lowest BCUT2D eigenvalue weighted by Crippen LogP contribution is -2.02. The number of ether oxygens (including phenoxy) is 2. The van der Waals surface area contributed by atoms with Crippen LogP contribution in [0.2, 0.25) is 5.02 Å². The summed E-state index contributed by atoms with van der Waals surface area (Å²) in [5, 5.41) is 13.8. The quantitative estimate of drug-likeness (QED) is 0.260. The fourth-order valence-electron chi connectivity index (χ4n) is 3.66. The van der Waals surface area contributed by atoms with E-state index >= 15 is 0 Å². The Morgan fingerprint density at radius 1 is 0.914 bits per heavy atom. The van der Waals surface area contributed by atoms with Gasteiger partial charge in [-0.2, -0.15) is 0 Å². The highest BCUT2D eigenvalue weighted by Gasteiger charge is 2.22. The third-order valence-corrected chi connectivity index (χ3v) is 5.79. The maximum absolute atomic E-state index is 10.8. The highest BCUT2D eigenvalue weighted by atomic mass is 35.5. The van der Waals surface area contributed by atoms with Crippen molar-refractivity contribution in [3.05, 3.63) is 100 Å².